The van der Waals surface area contributed by atoms with Crippen molar-refractivity contribution in [3.8, 4) is 0 Å². The molecular weight excluding hydrogens is 120 g/mol. The van der Waals surface area contributed by atoms with Gasteiger partial charge in [0.05, 0.1) is 13.2 Å². The smallest absolute Gasteiger partial charge is 0.279 e. The van der Waals surface area contributed by atoms with Gasteiger partial charge in [0.25, 0.3) is 5.97 Å². The van der Waals surface area contributed by atoms with Gasteiger partial charge in [-0.25, -0.2) is 0 Å². The molecule has 3 heteroatoms. The van der Waals surface area contributed by atoms with Crippen LogP contribution >= 0.6 is 0 Å². The van der Waals surface area contributed by atoms with E-state index in [4.69, 9.17) is 14.2 Å². The van der Waals surface area contributed by atoms with E-state index < -0.39 is 5.97 Å². The first-order valence-electron chi connectivity index (χ1n) is 3.10. The zero-order chi connectivity index (χ0) is 6.74. The van der Waals surface area contributed by atoms with Crippen molar-refractivity contribution < 1.29 is 14.2 Å². The summed E-state index contributed by atoms with van der Waals surface area (Å²) in [5.74, 6) is -0.780. The average molecular weight is 132 g/mol. The van der Waals surface area contributed by atoms with Gasteiger partial charge >= 0.3 is 0 Å². The molecule has 0 unspecified atom stereocenters. The van der Waals surface area contributed by atoms with Gasteiger partial charge in [-0.1, -0.05) is 0 Å². The number of hydrogen-bond acceptors (Lipinski definition) is 3. The Morgan fingerprint density at radius 1 is 1.33 bits per heavy atom. The molecule has 0 aromatic rings. The number of hydrogen-bond donors (Lipinski definition) is 0. The van der Waals surface area contributed by atoms with Crippen LogP contribution < -0.4 is 0 Å². The molecule has 0 saturated carbocycles. The minimum Gasteiger partial charge on any atom is -0.331 e. The quantitative estimate of drug-likeness (QED) is 0.526. The van der Waals surface area contributed by atoms with Crippen LogP contribution in [0.2, 0.25) is 0 Å². The lowest BCUT2D eigenvalue weighted by molar-refractivity contribution is -0.380. The molecule has 1 rings (SSSR count). The second kappa shape index (κ2) is 2.64. The van der Waals surface area contributed by atoms with E-state index in [2.05, 4.69) is 0 Å². The Morgan fingerprint density at radius 3 is 2.22 bits per heavy atom. The van der Waals surface area contributed by atoms with E-state index in [0.717, 1.165) is 19.6 Å². The molecule has 0 aromatic carbocycles. The predicted molar refractivity (Wildman–Crippen MR) is 31.9 cm³/mol. The van der Waals surface area contributed by atoms with Gasteiger partial charge in [0, 0.05) is 14.0 Å². The second-order valence-corrected chi connectivity index (χ2v) is 2.12. The Balaban J connectivity index is 2.37. The highest BCUT2D eigenvalue weighted by Gasteiger charge is 2.27. The molecule has 0 radical (unpaired) electrons. The molecule has 1 heterocycles. The van der Waals surface area contributed by atoms with Crippen LogP contribution in [0.3, 0.4) is 0 Å². The maximum Gasteiger partial charge on any atom is 0.279 e. The summed E-state index contributed by atoms with van der Waals surface area (Å²) in [4.78, 5) is 0. The van der Waals surface area contributed by atoms with Crippen LogP contribution in [0.1, 0.15) is 13.3 Å². The lowest BCUT2D eigenvalue weighted by Crippen LogP contribution is -2.39. The number of ether oxygens (including phenoxy) is 3. The normalized spacial score (nSPS) is 26.0. The number of rotatable bonds is 1. The zero-order valence-electron chi connectivity index (χ0n) is 5.85. The molecule has 0 aromatic heterocycles. The molecule has 0 bridgehead atoms. The van der Waals surface area contributed by atoms with Crippen LogP contribution in [0.15, 0.2) is 0 Å². The number of methoxy groups -OCH3 is 1. The summed E-state index contributed by atoms with van der Waals surface area (Å²) in [6.07, 6.45) is 0.957. The van der Waals surface area contributed by atoms with E-state index in [1.807, 2.05) is 0 Å². The molecule has 9 heavy (non-hydrogen) atoms. The van der Waals surface area contributed by atoms with Crippen LogP contribution in [-0.2, 0) is 14.2 Å². The topological polar surface area (TPSA) is 27.7 Å². The maximum absolute atomic E-state index is 5.17. The van der Waals surface area contributed by atoms with Gasteiger partial charge in [-0.15, -0.1) is 0 Å². The van der Waals surface area contributed by atoms with Gasteiger partial charge in [0.1, 0.15) is 0 Å². The Labute approximate surface area is 54.9 Å². The SMILES string of the molecule is COC1(C)OCCCO1. The van der Waals surface area contributed by atoms with Gasteiger partial charge in [-0.2, -0.15) is 0 Å². The molecule has 1 aliphatic heterocycles. The molecule has 1 saturated heterocycles. The van der Waals surface area contributed by atoms with Gasteiger partial charge in [0.2, 0.25) is 0 Å². The minimum atomic E-state index is -0.780. The molecule has 3 nitrogen and oxygen atoms in total. The summed E-state index contributed by atoms with van der Waals surface area (Å²) in [6.45, 7) is 3.22. The molecule has 0 spiro atoms. The molecule has 0 atom stereocenters. The van der Waals surface area contributed by atoms with Crippen molar-refractivity contribution in [1.82, 2.24) is 0 Å². The molecule has 0 amide bonds. The molecule has 1 aliphatic rings. The maximum atomic E-state index is 5.17. The molecule has 0 N–H and O–H groups in total. The first-order valence-corrected chi connectivity index (χ1v) is 3.10. The van der Waals surface area contributed by atoms with Crippen LogP contribution in [-0.4, -0.2) is 26.3 Å². The van der Waals surface area contributed by atoms with Crippen molar-refractivity contribution in [3.63, 3.8) is 0 Å². The summed E-state index contributed by atoms with van der Waals surface area (Å²) >= 11 is 0. The van der Waals surface area contributed by atoms with E-state index >= 15 is 0 Å². The highest BCUT2D eigenvalue weighted by Crippen LogP contribution is 2.17. The first-order chi connectivity index (χ1) is 4.27. The summed E-state index contributed by atoms with van der Waals surface area (Å²) in [7, 11) is 1.57. The second-order valence-electron chi connectivity index (χ2n) is 2.12. The fraction of sp³-hybridized carbons (Fsp3) is 1.00. The Kier molecular flexibility index (Phi) is 2.05. The fourth-order valence-corrected chi connectivity index (χ4v) is 0.734. The van der Waals surface area contributed by atoms with Crippen LogP contribution in [0.5, 0.6) is 0 Å². The summed E-state index contributed by atoms with van der Waals surface area (Å²) in [5.41, 5.74) is 0. The van der Waals surface area contributed by atoms with Crippen LogP contribution in [0.25, 0.3) is 0 Å². The van der Waals surface area contributed by atoms with Gasteiger partial charge in [-0.05, 0) is 6.42 Å². The van der Waals surface area contributed by atoms with E-state index in [0.29, 0.717) is 0 Å². The molecule has 54 valence electrons. The molecular formula is C6H12O3. The van der Waals surface area contributed by atoms with Crippen molar-refractivity contribution in [2.75, 3.05) is 20.3 Å². The van der Waals surface area contributed by atoms with Gasteiger partial charge in [-0.3, -0.25) is 0 Å². The van der Waals surface area contributed by atoms with Crippen LogP contribution in [0.4, 0.5) is 0 Å². The predicted octanol–water partition coefficient (Wildman–Crippen LogP) is 0.743. The first kappa shape index (κ1) is 6.99. The highest BCUT2D eigenvalue weighted by molar-refractivity contribution is 4.52. The Bertz CT molecular complexity index is 86.3. The summed E-state index contributed by atoms with van der Waals surface area (Å²) in [5, 5.41) is 0. The Morgan fingerprint density at radius 2 is 1.89 bits per heavy atom. The van der Waals surface area contributed by atoms with Crippen molar-refractivity contribution >= 4 is 0 Å². The van der Waals surface area contributed by atoms with E-state index in [1.165, 1.54) is 0 Å². The lowest BCUT2D eigenvalue weighted by Gasteiger charge is -2.31. The zero-order valence-corrected chi connectivity index (χ0v) is 5.85. The van der Waals surface area contributed by atoms with E-state index in [9.17, 15) is 0 Å². The third kappa shape index (κ3) is 1.64. The van der Waals surface area contributed by atoms with Gasteiger partial charge in [0.15, 0.2) is 0 Å². The molecule has 1 fully saturated rings. The largest absolute Gasteiger partial charge is 0.331 e. The van der Waals surface area contributed by atoms with Gasteiger partial charge < -0.3 is 14.2 Å². The fourth-order valence-electron chi connectivity index (χ4n) is 0.734. The third-order valence-corrected chi connectivity index (χ3v) is 1.39. The van der Waals surface area contributed by atoms with Crippen molar-refractivity contribution in [3.05, 3.63) is 0 Å². The summed E-state index contributed by atoms with van der Waals surface area (Å²) < 4.78 is 15.3. The lowest BCUT2D eigenvalue weighted by atomic mass is 10.4. The van der Waals surface area contributed by atoms with E-state index in [-0.39, 0.29) is 0 Å². The van der Waals surface area contributed by atoms with Crippen LogP contribution in [0, 0.1) is 0 Å². The van der Waals surface area contributed by atoms with Crippen molar-refractivity contribution in [2.45, 2.75) is 19.3 Å². The Hall–Kier alpha value is -0.120. The van der Waals surface area contributed by atoms with E-state index in [1.54, 1.807) is 14.0 Å². The minimum absolute atomic E-state index is 0.727. The highest BCUT2D eigenvalue weighted by atomic mass is 16.9. The molecule has 0 aliphatic carbocycles. The summed E-state index contributed by atoms with van der Waals surface area (Å²) in [6, 6.07) is 0. The standard InChI is InChI=1S/C6H12O3/c1-6(7-2)8-4-3-5-9-6/h3-5H2,1-2H3. The van der Waals surface area contributed by atoms with Crippen molar-refractivity contribution in [2.24, 2.45) is 0 Å². The average Bonchev–Trinajstić information content (AvgIpc) is 1.90. The monoisotopic (exact) mass is 132 g/mol. The third-order valence-electron chi connectivity index (χ3n) is 1.39. The van der Waals surface area contributed by atoms with Crippen molar-refractivity contribution in [1.29, 1.82) is 0 Å².